The smallest absolute Gasteiger partial charge is 0.394 e. The summed E-state index contributed by atoms with van der Waals surface area (Å²) in [5, 5.41) is 31.4. The van der Waals surface area contributed by atoms with Crippen LogP contribution in [0.1, 0.15) is 39.2 Å². The van der Waals surface area contributed by atoms with Crippen molar-refractivity contribution in [2.75, 3.05) is 52.4 Å². The molecule has 1 spiro atoms. The molecular weight excluding hydrogens is 446 g/mol. The van der Waals surface area contributed by atoms with Gasteiger partial charge in [-0.15, -0.1) is 0 Å². The molecule has 0 saturated carbocycles. The molecule has 0 radical (unpaired) electrons. The second kappa shape index (κ2) is 12.8. The van der Waals surface area contributed by atoms with Crippen LogP contribution in [0.5, 0.6) is 0 Å². The summed E-state index contributed by atoms with van der Waals surface area (Å²) in [6.07, 6.45) is 0.390. The molecule has 3 N–H and O–H groups in total. The third kappa shape index (κ3) is 6.33. The molecule has 4 rings (SSSR count). The van der Waals surface area contributed by atoms with Crippen molar-refractivity contribution in [3.63, 3.8) is 0 Å². The van der Waals surface area contributed by atoms with Crippen molar-refractivity contribution in [1.29, 1.82) is 0 Å². The molecule has 3 aliphatic rings. The van der Waals surface area contributed by atoms with Crippen molar-refractivity contribution in [1.82, 2.24) is 9.80 Å². The molecule has 3 fully saturated rings. The zero-order chi connectivity index (χ0) is 22.4. The van der Waals surface area contributed by atoms with E-state index < -0.39 is 12.2 Å². The minimum atomic E-state index is -0.799. The largest absolute Gasteiger partial charge is 2.00 e. The Balaban J connectivity index is 0.00000118. The first-order chi connectivity index (χ1) is 15.0. The van der Waals surface area contributed by atoms with Gasteiger partial charge in [0.1, 0.15) is 12.1 Å². The summed E-state index contributed by atoms with van der Waals surface area (Å²) < 4.78 is 1.01. The third-order valence-corrected chi connectivity index (χ3v) is 7.70. The number of hydrogen-bond acceptors (Lipinski definition) is 5. The fraction of sp³-hybridized carbons (Fsp3) is 0.760. The van der Waals surface area contributed by atoms with Crippen molar-refractivity contribution in [3.8, 4) is 0 Å². The number of rotatable bonds is 4. The molecule has 1 aromatic rings. The summed E-state index contributed by atoms with van der Waals surface area (Å²) in [6, 6.07) is 10.7. The molecule has 3 unspecified atom stereocenters. The Hall–Kier alpha value is -0.501. The van der Waals surface area contributed by atoms with Crippen LogP contribution in [-0.2, 0) is 23.6 Å². The first-order valence-electron chi connectivity index (χ1n) is 12.3. The van der Waals surface area contributed by atoms with Crippen molar-refractivity contribution in [2.24, 2.45) is 5.92 Å². The molecule has 7 atom stereocenters. The van der Waals surface area contributed by atoms with Gasteiger partial charge in [0.05, 0.1) is 32.3 Å². The van der Waals surface area contributed by atoms with Crippen molar-refractivity contribution in [3.05, 3.63) is 35.9 Å². The minimum Gasteiger partial charge on any atom is -0.394 e. The predicted octanol–water partition coefficient (Wildman–Crippen LogP) is 1.54. The summed E-state index contributed by atoms with van der Waals surface area (Å²) in [4.78, 5) is 4.88. The summed E-state index contributed by atoms with van der Waals surface area (Å²) in [7, 11) is 0. The standard InChI is InChI=1S/C23H38N3O3.C2H6.Fe/c1-18-13-21-22(28)14-20(23(29)17-27)25-8-7-24(15-19-5-3-2-4-6-19)9-11-26(21,16-18)12-10-25;1-2;/h2-6,18,20-23,27-29H,7-17H2,1H3;1-2H3;/q+1;;+2/t18?,20-,21-,22+,23-,26?;;/m1../s1. The van der Waals surface area contributed by atoms with Gasteiger partial charge < -0.3 is 19.8 Å². The number of quaternary nitrogens is 1. The molecule has 7 heteroatoms. The fourth-order valence-electron chi connectivity index (χ4n) is 6.18. The van der Waals surface area contributed by atoms with E-state index in [-0.39, 0.29) is 35.8 Å². The van der Waals surface area contributed by atoms with Crippen LogP contribution in [-0.4, -0.2) is 106 Å². The number of fused-ring (bicyclic) bond motifs is 2. The van der Waals surface area contributed by atoms with E-state index >= 15 is 0 Å². The van der Waals surface area contributed by atoms with Gasteiger partial charge in [-0.2, -0.15) is 0 Å². The van der Waals surface area contributed by atoms with E-state index in [4.69, 9.17) is 0 Å². The maximum absolute atomic E-state index is 11.2. The summed E-state index contributed by atoms with van der Waals surface area (Å²) in [5.74, 6) is 0.616. The van der Waals surface area contributed by atoms with Gasteiger partial charge in [-0.05, 0) is 12.0 Å². The van der Waals surface area contributed by atoms with Gasteiger partial charge in [-0.1, -0.05) is 51.1 Å². The molecule has 32 heavy (non-hydrogen) atoms. The first kappa shape index (κ1) is 27.7. The van der Waals surface area contributed by atoms with E-state index in [1.54, 1.807) is 0 Å². The predicted molar refractivity (Wildman–Crippen MR) is 125 cm³/mol. The Bertz CT molecular complexity index is 667. The fourth-order valence-corrected chi connectivity index (χ4v) is 6.18. The summed E-state index contributed by atoms with van der Waals surface area (Å²) in [5.41, 5.74) is 1.33. The molecule has 6 nitrogen and oxygen atoms in total. The molecule has 3 aliphatic heterocycles. The normalized spacial score (nSPS) is 36.1. The number of nitrogens with zero attached hydrogens (tertiary/aromatic N) is 3. The monoisotopic (exact) mass is 490 g/mol. The average Bonchev–Trinajstić information content (AvgIpc) is 3.15. The zero-order valence-electron chi connectivity index (χ0n) is 20.1. The van der Waals surface area contributed by atoms with E-state index in [1.807, 2.05) is 13.8 Å². The maximum atomic E-state index is 11.2. The zero-order valence-corrected chi connectivity index (χ0v) is 21.2. The molecule has 3 heterocycles. The van der Waals surface area contributed by atoms with E-state index in [2.05, 4.69) is 47.1 Å². The molecular formula is C25H44FeN3O3+3. The third-order valence-electron chi connectivity index (χ3n) is 7.70. The Morgan fingerprint density at radius 2 is 1.72 bits per heavy atom. The minimum absolute atomic E-state index is 0. The topological polar surface area (TPSA) is 67.2 Å². The van der Waals surface area contributed by atoms with Crippen molar-refractivity contribution >= 4 is 0 Å². The SMILES string of the molecule is CC.CC1C[C@@H]2[C@@H](O)C[C@H]([C@H](O)CO)N3CCN(Cc4ccccc4)CC[N+]2(CC3)C1.[Fe+2]. The Morgan fingerprint density at radius 3 is 2.41 bits per heavy atom. The van der Waals surface area contributed by atoms with Crippen LogP contribution in [0.2, 0.25) is 0 Å². The summed E-state index contributed by atoms with van der Waals surface area (Å²) >= 11 is 0. The van der Waals surface area contributed by atoms with Gasteiger partial charge in [0.2, 0.25) is 0 Å². The van der Waals surface area contributed by atoms with Gasteiger partial charge in [0.15, 0.2) is 0 Å². The van der Waals surface area contributed by atoms with Crippen LogP contribution in [0.3, 0.4) is 0 Å². The average molecular weight is 490 g/mol. The molecule has 0 aliphatic carbocycles. The first-order valence-corrected chi connectivity index (χ1v) is 12.3. The van der Waals surface area contributed by atoms with Crippen LogP contribution >= 0.6 is 0 Å². The molecule has 2 bridgehead atoms. The van der Waals surface area contributed by atoms with Crippen LogP contribution < -0.4 is 0 Å². The molecule has 1 aromatic carbocycles. The van der Waals surface area contributed by atoms with E-state index in [9.17, 15) is 15.3 Å². The molecule has 3 saturated heterocycles. The second-order valence-electron chi connectivity index (χ2n) is 9.67. The van der Waals surface area contributed by atoms with Crippen LogP contribution in [0.25, 0.3) is 0 Å². The van der Waals surface area contributed by atoms with E-state index in [0.717, 1.165) is 63.3 Å². The number of benzene rings is 1. The van der Waals surface area contributed by atoms with Gasteiger partial charge in [0, 0.05) is 51.1 Å². The van der Waals surface area contributed by atoms with Crippen molar-refractivity contribution in [2.45, 2.75) is 64.4 Å². The number of hydrogen-bond donors (Lipinski definition) is 3. The van der Waals surface area contributed by atoms with E-state index in [1.165, 1.54) is 5.56 Å². The maximum Gasteiger partial charge on any atom is 2.00 e. The quantitative estimate of drug-likeness (QED) is 0.442. The number of aliphatic hydroxyl groups is 3. The van der Waals surface area contributed by atoms with Gasteiger partial charge in [-0.25, -0.2) is 0 Å². The Labute approximate surface area is 205 Å². The van der Waals surface area contributed by atoms with E-state index in [0.29, 0.717) is 12.3 Å². The Kier molecular flexibility index (Phi) is 11.1. The Morgan fingerprint density at radius 1 is 1.03 bits per heavy atom. The summed E-state index contributed by atoms with van der Waals surface area (Å²) in [6.45, 7) is 14.0. The van der Waals surface area contributed by atoms with Crippen LogP contribution in [0.15, 0.2) is 30.3 Å². The van der Waals surface area contributed by atoms with Crippen LogP contribution in [0, 0.1) is 5.92 Å². The molecule has 0 amide bonds. The van der Waals surface area contributed by atoms with Gasteiger partial charge >= 0.3 is 17.1 Å². The molecule has 182 valence electrons. The second-order valence-corrected chi connectivity index (χ2v) is 9.67. The van der Waals surface area contributed by atoms with Crippen LogP contribution in [0.4, 0.5) is 0 Å². The van der Waals surface area contributed by atoms with Gasteiger partial charge in [-0.3, -0.25) is 9.80 Å². The molecule has 0 aromatic heterocycles. The number of aliphatic hydroxyl groups excluding tert-OH is 3. The van der Waals surface area contributed by atoms with Gasteiger partial charge in [0.25, 0.3) is 0 Å². The van der Waals surface area contributed by atoms with Crippen molar-refractivity contribution < 1.29 is 36.9 Å².